The summed E-state index contributed by atoms with van der Waals surface area (Å²) in [5, 5.41) is 14.3. The van der Waals surface area contributed by atoms with Crippen molar-refractivity contribution < 1.29 is 19.4 Å². The van der Waals surface area contributed by atoms with E-state index in [-0.39, 0.29) is 0 Å². The average Bonchev–Trinajstić information content (AvgIpc) is 2.79. The van der Waals surface area contributed by atoms with E-state index in [0.717, 1.165) is 22.4 Å². The number of nitrogens with two attached hydrogens (primary N) is 1. The van der Waals surface area contributed by atoms with Crippen LogP contribution in [0.1, 0.15) is 16.7 Å². The third-order valence-corrected chi connectivity index (χ3v) is 4.57. The van der Waals surface area contributed by atoms with Gasteiger partial charge in [-0.3, -0.25) is 0 Å². The third-order valence-electron chi connectivity index (χ3n) is 4.57. The molecule has 0 aliphatic heterocycles. The van der Waals surface area contributed by atoms with Crippen molar-refractivity contribution in [2.45, 2.75) is 19.5 Å². The summed E-state index contributed by atoms with van der Waals surface area (Å²) in [7, 11) is 1.64. The van der Waals surface area contributed by atoms with Crippen LogP contribution < -0.4 is 25.8 Å². The van der Waals surface area contributed by atoms with Gasteiger partial charge in [-0.1, -0.05) is 24.3 Å². The molecule has 2 aromatic carbocycles. The summed E-state index contributed by atoms with van der Waals surface area (Å²) in [6, 6.07) is 19.0. The van der Waals surface area contributed by atoms with E-state index >= 15 is 0 Å². The number of benzene rings is 2. The van der Waals surface area contributed by atoms with E-state index in [4.69, 9.17) is 20.3 Å². The fourth-order valence-electron chi connectivity index (χ4n) is 2.91. The summed E-state index contributed by atoms with van der Waals surface area (Å²) >= 11 is 0. The monoisotopic (exact) mass is 422 g/mol. The summed E-state index contributed by atoms with van der Waals surface area (Å²) < 4.78 is 11.1. The van der Waals surface area contributed by atoms with Gasteiger partial charge in [-0.05, 0) is 53.4 Å². The lowest BCUT2D eigenvalue weighted by atomic mass is 10.1. The summed E-state index contributed by atoms with van der Waals surface area (Å²) in [5.41, 5.74) is 8.84. The Morgan fingerprint density at radius 1 is 1.00 bits per heavy atom. The van der Waals surface area contributed by atoms with E-state index in [1.807, 2.05) is 60.7 Å². The number of nitrogens with one attached hydrogen (secondary N) is 2. The molecule has 1 heterocycles. The molecule has 0 fully saturated rings. The number of anilines is 1. The highest BCUT2D eigenvalue weighted by Gasteiger charge is 2.06. The number of methoxy groups -OCH3 is 1. The second kappa shape index (κ2) is 10.8. The molecule has 3 aromatic rings. The Balaban J connectivity index is 1.63. The van der Waals surface area contributed by atoms with Crippen LogP contribution in [0.4, 0.5) is 10.6 Å². The Morgan fingerprint density at radius 3 is 2.32 bits per heavy atom. The molecule has 0 unspecified atom stereocenters. The summed E-state index contributed by atoms with van der Waals surface area (Å²) in [6.07, 6.45) is -0.422. The topological polar surface area (TPSA) is 119 Å². The van der Waals surface area contributed by atoms with Gasteiger partial charge >= 0.3 is 6.09 Å². The number of carbonyl (C=O) groups is 1. The SMILES string of the molecule is COc1ccc(CNc2cc(CN)cc(Oc3ccc(CCNC(=O)O)cc3)n2)cc1. The molecule has 0 radical (unpaired) electrons. The van der Waals surface area contributed by atoms with Crippen LogP contribution in [-0.2, 0) is 19.5 Å². The van der Waals surface area contributed by atoms with Crippen LogP contribution in [0.5, 0.6) is 17.4 Å². The molecule has 31 heavy (non-hydrogen) atoms. The van der Waals surface area contributed by atoms with Crippen LogP contribution in [0.15, 0.2) is 60.7 Å². The molecular formula is C23H26N4O4. The number of pyridine rings is 1. The molecular weight excluding hydrogens is 396 g/mol. The van der Waals surface area contributed by atoms with Crippen LogP contribution >= 0.6 is 0 Å². The number of amides is 1. The van der Waals surface area contributed by atoms with Crippen LogP contribution in [0.25, 0.3) is 0 Å². The Morgan fingerprint density at radius 2 is 1.68 bits per heavy atom. The van der Waals surface area contributed by atoms with E-state index in [0.29, 0.717) is 43.5 Å². The first-order valence-electron chi connectivity index (χ1n) is 9.87. The normalized spacial score (nSPS) is 10.4. The van der Waals surface area contributed by atoms with Crippen molar-refractivity contribution in [3.8, 4) is 17.4 Å². The van der Waals surface area contributed by atoms with Crippen molar-refractivity contribution in [1.29, 1.82) is 0 Å². The lowest BCUT2D eigenvalue weighted by Gasteiger charge is -2.12. The molecule has 162 valence electrons. The van der Waals surface area contributed by atoms with Gasteiger partial charge < -0.3 is 30.9 Å². The second-order valence-corrected chi connectivity index (χ2v) is 6.83. The molecule has 0 saturated carbocycles. The summed E-state index contributed by atoms with van der Waals surface area (Å²) in [4.78, 5) is 15.1. The van der Waals surface area contributed by atoms with Gasteiger partial charge in [-0.15, -0.1) is 0 Å². The van der Waals surface area contributed by atoms with Crippen molar-refractivity contribution in [3.05, 3.63) is 77.4 Å². The molecule has 0 spiro atoms. The van der Waals surface area contributed by atoms with Crippen molar-refractivity contribution in [1.82, 2.24) is 10.3 Å². The highest BCUT2D eigenvalue weighted by atomic mass is 16.5. The van der Waals surface area contributed by atoms with E-state index in [9.17, 15) is 4.79 Å². The number of nitrogens with zero attached hydrogens (tertiary/aromatic N) is 1. The van der Waals surface area contributed by atoms with E-state index < -0.39 is 6.09 Å². The van der Waals surface area contributed by atoms with Gasteiger partial charge in [0.05, 0.1) is 7.11 Å². The number of aromatic nitrogens is 1. The van der Waals surface area contributed by atoms with E-state index in [1.165, 1.54) is 0 Å². The Labute approximate surface area is 181 Å². The standard InChI is InChI=1S/C23H26N4O4/c1-30-19-6-4-17(5-7-19)15-26-21-12-18(14-24)13-22(27-21)31-20-8-2-16(3-9-20)10-11-25-23(28)29/h2-9,12-13,25H,10-11,14-15,24H2,1H3,(H,26,27)(H,28,29). The summed E-state index contributed by atoms with van der Waals surface area (Å²) in [6.45, 7) is 1.33. The van der Waals surface area contributed by atoms with Gasteiger partial charge in [0.15, 0.2) is 0 Å². The quantitative estimate of drug-likeness (QED) is 0.393. The molecule has 5 N–H and O–H groups in total. The van der Waals surface area contributed by atoms with Gasteiger partial charge in [0.25, 0.3) is 0 Å². The number of hydrogen-bond donors (Lipinski definition) is 4. The molecule has 8 nitrogen and oxygen atoms in total. The Hall–Kier alpha value is -3.78. The van der Waals surface area contributed by atoms with Crippen molar-refractivity contribution in [3.63, 3.8) is 0 Å². The predicted molar refractivity (Wildman–Crippen MR) is 119 cm³/mol. The molecule has 1 amide bonds. The summed E-state index contributed by atoms with van der Waals surface area (Å²) in [5.74, 6) is 2.56. The maximum absolute atomic E-state index is 10.5. The van der Waals surface area contributed by atoms with Crippen LogP contribution in [-0.4, -0.2) is 29.8 Å². The first-order valence-corrected chi connectivity index (χ1v) is 9.87. The zero-order valence-electron chi connectivity index (χ0n) is 17.3. The first-order chi connectivity index (χ1) is 15.1. The second-order valence-electron chi connectivity index (χ2n) is 6.83. The number of carboxylic acid groups (broad SMARTS) is 1. The maximum atomic E-state index is 10.5. The smallest absolute Gasteiger partial charge is 0.404 e. The average molecular weight is 422 g/mol. The van der Waals surface area contributed by atoms with Gasteiger partial charge in [-0.25, -0.2) is 4.79 Å². The van der Waals surface area contributed by atoms with E-state index in [1.54, 1.807) is 7.11 Å². The zero-order valence-corrected chi connectivity index (χ0v) is 17.3. The minimum absolute atomic E-state index is 0.360. The van der Waals surface area contributed by atoms with Crippen molar-refractivity contribution >= 4 is 11.9 Å². The number of hydrogen-bond acceptors (Lipinski definition) is 6. The number of ether oxygens (including phenoxy) is 2. The van der Waals surface area contributed by atoms with Gasteiger partial charge in [0, 0.05) is 25.7 Å². The molecule has 0 atom stereocenters. The lowest BCUT2D eigenvalue weighted by molar-refractivity contribution is 0.194. The predicted octanol–water partition coefficient (Wildman–Crippen LogP) is 3.76. The van der Waals surface area contributed by atoms with Gasteiger partial charge in [-0.2, -0.15) is 4.98 Å². The van der Waals surface area contributed by atoms with E-state index in [2.05, 4.69) is 15.6 Å². The molecule has 0 bridgehead atoms. The molecule has 0 saturated heterocycles. The molecule has 3 rings (SSSR count). The highest BCUT2D eigenvalue weighted by molar-refractivity contribution is 5.64. The maximum Gasteiger partial charge on any atom is 0.404 e. The minimum atomic E-state index is -1.03. The number of rotatable bonds is 10. The molecule has 8 heteroatoms. The fraction of sp³-hybridized carbons (Fsp3) is 0.217. The zero-order chi connectivity index (χ0) is 22.1. The van der Waals surface area contributed by atoms with Crippen LogP contribution in [0.3, 0.4) is 0 Å². The minimum Gasteiger partial charge on any atom is -0.497 e. The first kappa shape index (κ1) is 21.9. The Kier molecular flexibility index (Phi) is 7.67. The molecule has 0 aliphatic carbocycles. The molecule has 0 aliphatic rings. The Bertz CT molecular complexity index is 991. The van der Waals surface area contributed by atoms with Crippen LogP contribution in [0, 0.1) is 0 Å². The van der Waals surface area contributed by atoms with Crippen molar-refractivity contribution in [2.24, 2.45) is 5.73 Å². The highest BCUT2D eigenvalue weighted by Crippen LogP contribution is 2.24. The van der Waals surface area contributed by atoms with Gasteiger partial charge in [0.1, 0.15) is 17.3 Å². The lowest BCUT2D eigenvalue weighted by Crippen LogP contribution is -2.23. The fourth-order valence-corrected chi connectivity index (χ4v) is 2.91. The molecule has 1 aromatic heterocycles. The van der Waals surface area contributed by atoms with Crippen molar-refractivity contribution in [2.75, 3.05) is 19.0 Å². The van der Waals surface area contributed by atoms with Gasteiger partial charge in [0.2, 0.25) is 5.88 Å². The van der Waals surface area contributed by atoms with Crippen LogP contribution in [0.2, 0.25) is 0 Å². The third kappa shape index (κ3) is 6.90. The largest absolute Gasteiger partial charge is 0.497 e.